The van der Waals surface area contributed by atoms with E-state index in [1.807, 2.05) is 44.2 Å². The third kappa shape index (κ3) is 7.69. The molecule has 0 heterocycles. The fourth-order valence-corrected chi connectivity index (χ4v) is 4.02. The number of nitrogens with one attached hydrogen (secondary N) is 1. The van der Waals surface area contributed by atoms with Crippen LogP contribution in [0.4, 0.5) is 0 Å². The molecule has 2 aromatic carbocycles. The van der Waals surface area contributed by atoms with Gasteiger partial charge in [-0.3, -0.25) is 4.79 Å². The minimum Gasteiger partial charge on any atom is -0.459 e. The van der Waals surface area contributed by atoms with Gasteiger partial charge in [-0.05, 0) is 30.0 Å². The van der Waals surface area contributed by atoms with E-state index in [0.29, 0.717) is 6.42 Å². The fourth-order valence-electron chi connectivity index (χ4n) is 2.75. The maximum atomic E-state index is 12.5. The highest BCUT2D eigenvalue weighted by Gasteiger charge is 2.24. The first kappa shape index (κ1) is 22.6. The Morgan fingerprint density at radius 2 is 1.55 bits per heavy atom. The van der Waals surface area contributed by atoms with E-state index in [0.717, 1.165) is 5.56 Å². The van der Waals surface area contributed by atoms with Crippen LogP contribution < -0.4 is 5.32 Å². The Bertz CT molecular complexity index is 895. The van der Waals surface area contributed by atoms with Gasteiger partial charge in [0.25, 0.3) is 0 Å². The molecule has 156 valence electrons. The van der Waals surface area contributed by atoms with Gasteiger partial charge in [-0.25, -0.2) is 13.2 Å². The maximum absolute atomic E-state index is 12.5. The quantitative estimate of drug-likeness (QED) is 0.600. The van der Waals surface area contributed by atoms with Crippen molar-refractivity contribution < 1.29 is 22.7 Å². The van der Waals surface area contributed by atoms with Crippen LogP contribution in [0.2, 0.25) is 0 Å². The molecule has 7 heteroatoms. The number of benzene rings is 2. The summed E-state index contributed by atoms with van der Waals surface area (Å²) in [7, 11) is -3.56. The summed E-state index contributed by atoms with van der Waals surface area (Å²) in [4.78, 5) is 24.9. The highest BCUT2D eigenvalue weighted by molar-refractivity contribution is 7.91. The van der Waals surface area contributed by atoms with Crippen molar-refractivity contribution in [2.75, 3.05) is 5.75 Å². The summed E-state index contributed by atoms with van der Waals surface area (Å²) >= 11 is 0. The van der Waals surface area contributed by atoms with Gasteiger partial charge in [-0.15, -0.1) is 0 Å². The van der Waals surface area contributed by atoms with Gasteiger partial charge < -0.3 is 10.1 Å². The van der Waals surface area contributed by atoms with Gasteiger partial charge in [0.05, 0.1) is 10.6 Å². The molecule has 0 saturated heterocycles. The Morgan fingerprint density at radius 3 is 2.14 bits per heavy atom. The average Bonchev–Trinajstić information content (AvgIpc) is 2.71. The molecule has 29 heavy (non-hydrogen) atoms. The maximum Gasteiger partial charge on any atom is 0.328 e. The summed E-state index contributed by atoms with van der Waals surface area (Å²) in [6.45, 7) is 3.99. The van der Waals surface area contributed by atoms with Gasteiger partial charge in [0.1, 0.15) is 12.6 Å². The highest BCUT2D eigenvalue weighted by Crippen LogP contribution is 2.12. The minimum atomic E-state index is -3.56. The summed E-state index contributed by atoms with van der Waals surface area (Å²) in [6.07, 6.45) is 0.183. The predicted octanol–water partition coefficient (Wildman–Crippen LogP) is 3.12. The molecule has 6 nitrogen and oxygen atoms in total. The number of amides is 1. The lowest BCUT2D eigenvalue weighted by Crippen LogP contribution is -2.43. The summed E-state index contributed by atoms with van der Waals surface area (Å²) in [5, 5.41) is 2.63. The molecule has 0 bridgehead atoms. The molecule has 0 fully saturated rings. The first-order chi connectivity index (χ1) is 13.8. The van der Waals surface area contributed by atoms with Crippen molar-refractivity contribution in [2.45, 2.75) is 44.2 Å². The number of carbonyl (C=O) groups is 2. The fraction of sp³-hybridized carbons (Fsp3) is 0.364. The molecule has 0 radical (unpaired) electrons. The number of hydrogen-bond donors (Lipinski definition) is 1. The van der Waals surface area contributed by atoms with E-state index in [2.05, 4.69) is 5.32 Å². The van der Waals surface area contributed by atoms with Gasteiger partial charge in [0.2, 0.25) is 5.91 Å². The number of sulfone groups is 1. The van der Waals surface area contributed by atoms with E-state index in [-0.39, 0.29) is 29.6 Å². The molecule has 0 aliphatic carbocycles. The number of hydrogen-bond acceptors (Lipinski definition) is 5. The summed E-state index contributed by atoms with van der Waals surface area (Å²) in [5.41, 5.74) is 0.851. The standard InChI is InChI=1S/C22H27NO5S/c1-17(2)15-20(22(25)28-16-18-9-5-3-6-10-18)23-21(24)13-14-29(26,27)19-11-7-4-8-12-19/h3-12,17,20H,13-16H2,1-2H3,(H,23,24). The lowest BCUT2D eigenvalue weighted by atomic mass is 10.0. The second-order valence-corrected chi connectivity index (χ2v) is 9.33. The molecular formula is C22H27NO5S. The molecule has 1 N–H and O–H groups in total. The van der Waals surface area contributed by atoms with Crippen LogP contribution in [0.1, 0.15) is 32.3 Å². The van der Waals surface area contributed by atoms with Gasteiger partial charge in [-0.2, -0.15) is 0 Å². The first-order valence-corrected chi connectivity index (χ1v) is 11.2. The summed E-state index contributed by atoms with van der Waals surface area (Å²) in [5.74, 6) is -1.19. The molecule has 0 saturated carbocycles. The van der Waals surface area contributed by atoms with Crippen LogP contribution in [0, 0.1) is 5.92 Å². The van der Waals surface area contributed by atoms with Gasteiger partial charge in [0, 0.05) is 6.42 Å². The van der Waals surface area contributed by atoms with Crippen LogP contribution in [0.3, 0.4) is 0 Å². The molecular weight excluding hydrogens is 390 g/mol. The van der Waals surface area contributed by atoms with Crippen LogP contribution >= 0.6 is 0 Å². The van der Waals surface area contributed by atoms with Crippen LogP contribution in [0.25, 0.3) is 0 Å². The SMILES string of the molecule is CC(C)CC(NC(=O)CCS(=O)(=O)c1ccccc1)C(=O)OCc1ccccc1. The minimum absolute atomic E-state index is 0.118. The van der Waals surface area contributed by atoms with E-state index >= 15 is 0 Å². The number of ether oxygens (including phenoxy) is 1. The Balaban J connectivity index is 1.92. The Kier molecular flexibility index (Phi) is 8.39. The molecule has 0 spiro atoms. The smallest absolute Gasteiger partial charge is 0.328 e. The first-order valence-electron chi connectivity index (χ1n) is 9.55. The van der Waals surface area contributed by atoms with Crippen molar-refractivity contribution in [3.63, 3.8) is 0 Å². The monoisotopic (exact) mass is 417 g/mol. The second-order valence-electron chi connectivity index (χ2n) is 7.22. The van der Waals surface area contributed by atoms with E-state index in [1.165, 1.54) is 12.1 Å². The molecule has 0 aromatic heterocycles. The van der Waals surface area contributed by atoms with Crippen molar-refractivity contribution in [1.82, 2.24) is 5.32 Å². The number of rotatable bonds is 10. The third-order valence-corrected chi connectivity index (χ3v) is 5.98. The molecule has 2 aromatic rings. The second kappa shape index (κ2) is 10.8. The predicted molar refractivity (Wildman–Crippen MR) is 111 cm³/mol. The molecule has 1 amide bonds. The number of carbonyl (C=O) groups excluding carboxylic acids is 2. The van der Waals surface area contributed by atoms with Crippen molar-refractivity contribution in [1.29, 1.82) is 0 Å². The highest BCUT2D eigenvalue weighted by atomic mass is 32.2. The lowest BCUT2D eigenvalue weighted by molar-refractivity contribution is -0.149. The summed E-state index contributed by atoms with van der Waals surface area (Å²) < 4.78 is 30.0. The van der Waals surface area contributed by atoms with Crippen molar-refractivity contribution >= 4 is 21.7 Å². The molecule has 0 aliphatic rings. The van der Waals surface area contributed by atoms with Crippen molar-refractivity contribution in [3.05, 3.63) is 66.2 Å². The van der Waals surface area contributed by atoms with Gasteiger partial charge >= 0.3 is 5.97 Å². The molecule has 1 unspecified atom stereocenters. The van der Waals surface area contributed by atoms with Crippen LogP contribution in [-0.2, 0) is 30.8 Å². The average molecular weight is 418 g/mol. The lowest BCUT2D eigenvalue weighted by Gasteiger charge is -2.19. The van der Waals surface area contributed by atoms with Gasteiger partial charge in [0.15, 0.2) is 9.84 Å². The Hall–Kier alpha value is -2.67. The largest absolute Gasteiger partial charge is 0.459 e. The van der Waals surface area contributed by atoms with Crippen molar-refractivity contribution in [3.8, 4) is 0 Å². The van der Waals surface area contributed by atoms with Crippen LogP contribution in [0.5, 0.6) is 0 Å². The number of esters is 1. The third-order valence-electron chi connectivity index (χ3n) is 4.25. The van der Waals surface area contributed by atoms with Crippen LogP contribution in [-0.4, -0.2) is 32.1 Å². The Labute approximate surface area is 172 Å². The normalized spacial score (nSPS) is 12.4. The molecule has 1 atom stereocenters. The Morgan fingerprint density at radius 1 is 0.966 bits per heavy atom. The topological polar surface area (TPSA) is 89.5 Å². The zero-order valence-electron chi connectivity index (χ0n) is 16.7. The van der Waals surface area contributed by atoms with E-state index in [9.17, 15) is 18.0 Å². The van der Waals surface area contributed by atoms with Crippen molar-refractivity contribution in [2.24, 2.45) is 5.92 Å². The van der Waals surface area contributed by atoms with Crippen LogP contribution in [0.15, 0.2) is 65.6 Å². The summed E-state index contributed by atoms with van der Waals surface area (Å²) in [6, 6.07) is 16.4. The van der Waals surface area contributed by atoms with E-state index in [1.54, 1.807) is 18.2 Å². The molecule has 0 aliphatic heterocycles. The molecule has 2 rings (SSSR count). The van der Waals surface area contributed by atoms with E-state index < -0.39 is 27.8 Å². The van der Waals surface area contributed by atoms with E-state index in [4.69, 9.17) is 4.74 Å². The van der Waals surface area contributed by atoms with Gasteiger partial charge in [-0.1, -0.05) is 62.4 Å². The zero-order valence-corrected chi connectivity index (χ0v) is 17.5. The zero-order chi connectivity index (χ0) is 21.3.